The second-order valence-electron chi connectivity index (χ2n) is 9.75. The second-order valence-corrected chi connectivity index (χ2v) is 9.75. The summed E-state index contributed by atoms with van der Waals surface area (Å²) in [4.78, 5) is 2.80. The molecule has 2 atom stereocenters. The minimum absolute atomic E-state index is 0.120. The molecule has 1 aromatic heterocycles. The standard InChI is InChI=1S/C27H31N3O/c1-18-28-29-27(31-18)26-16-20-6-2-3-7-22(20)25(23-8-4-5-9-24(23)26)14-15-30-17-19-10-12-21(30)13-11-19/h2-9,19,21,25-26H,10-17H2,1H3. The molecule has 1 saturated carbocycles. The summed E-state index contributed by atoms with van der Waals surface area (Å²) < 4.78 is 5.94. The Morgan fingerprint density at radius 1 is 0.903 bits per heavy atom. The lowest BCUT2D eigenvalue weighted by atomic mass is 9.79. The van der Waals surface area contributed by atoms with E-state index in [-0.39, 0.29) is 5.92 Å². The second kappa shape index (κ2) is 7.90. The molecule has 4 nitrogen and oxygen atoms in total. The van der Waals surface area contributed by atoms with Gasteiger partial charge in [-0.15, -0.1) is 10.2 Å². The fourth-order valence-corrected chi connectivity index (χ4v) is 6.43. The van der Waals surface area contributed by atoms with Gasteiger partial charge in [-0.05, 0) is 73.2 Å². The molecule has 0 amide bonds. The Labute approximate surface area is 184 Å². The molecule has 3 heterocycles. The maximum atomic E-state index is 5.94. The van der Waals surface area contributed by atoms with Gasteiger partial charge in [0.05, 0.1) is 5.92 Å². The predicted octanol–water partition coefficient (Wildman–Crippen LogP) is 5.46. The Morgan fingerprint density at radius 3 is 2.35 bits per heavy atom. The zero-order chi connectivity index (χ0) is 20.8. The summed E-state index contributed by atoms with van der Waals surface area (Å²) in [5.74, 6) is 2.86. The quantitative estimate of drug-likeness (QED) is 0.569. The van der Waals surface area contributed by atoms with Crippen LogP contribution in [0.3, 0.4) is 0 Å². The van der Waals surface area contributed by atoms with Gasteiger partial charge in [0.15, 0.2) is 0 Å². The van der Waals surface area contributed by atoms with Crippen LogP contribution in [0.25, 0.3) is 0 Å². The van der Waals surface area contributed by atoms with Gasteiger partial charge in [0.25, 0.3) is 0 Å². The number of aryl methyl sites for hydroxylation is 1. The van der Waals surface area contributed by atoms with Crippen molar-refractivity contribution in [2.24, 2.45) is 5.92 Å². The van der Waals surface area contributed by atoms with E-state index in [0.29, 0.717) is 11.8 Å². The van der Waals surface area contributed by atoms with E-state index in [1.165, 1.54) is 67.4 Å². The highest BCUT2D eigenvalue weighted by atomic mass is 16.4. The third-order valence-electron chi connectivity index (χ3n) is 7.97. The summed E-state index contributed by atoms with van der Waals surface area (Å²) in [6.07, 6.45) is 7.79. The van der Waals surface area contributed by atoms with Crippen molar-refractivity contribution < 1.29 is 4.42 Å². The molecular formula is C27H31N3O. The Morgan fingerprint density at radius 2 is 1.65 bits per heavy atom. The van der Waals surface area contributed by atoms with Crippen molar-refractivity contribution in [1.29, 1.82) is 0 Å². The van der Waals surface area contributed by atoms with Crippen LogP contribution in [0.2, 0.25) is 0 Å². The summed E-state index contributed by atoms with van der Waals surface area (Å²) in [5.41, 5.74) is 5.70. The molecule has 2 bridgehead atoms. The average molecular weight is 414 g/mol. The Hall–Kier alpha value is -2.46. The summed E-state index contributed by atoms with van der Waals surface area (Å²) in [6.45, 7) is 4.38. The first-order chi connectivity index (χ1) is 15.3. The lowest BCUT2D eigenvalue weighted by molar-refractivity contribution is 0.0474. The van der Waals surface area contributed by atoms with E-state index < -0.39 is 0 Å². The van der Waals surface area contributed by atoms with Crippen LogP contribution < -0.4 is 0 Å². The number of fused-ring (bicyclic) bond motifs is 5. The van der Waals surface area contributed by atoms with Crippen LogP contribution in [0.4, 0.5) is 0 Å². The van der Waals surface area contributed by atoms with Gasteiger partial charge >= 0.3 is 0 Å². The number of hydrogen-bond donors (Lipinski definition) is 0. The first kappa shape index (κ1) is 19.2. The minimum Gasteiger partial charge on any atom is -0.425 e. The zero-order valence-corrected chi connectivity index (χ0v) is 18.3. The zero-order valence-electron chi connectivity index (χ0n) is 18.3. The molecule has 4 heteroatoms. The van der Waals surface area contributed by atoms with E-state index >= 15 is 0 Å². The SMILES string of the molecule is Cc1nnc(C2Cc3ccccc3C(CCN3CC4CCC3CC4)c3ccccc32)o1. The third-order valence-corrected chi connectivity index (χ3v) is 7.97. The van der Waals surface area contributed by atoms with E-state index in [0.717, 1.165) is 24.3 Å². The van der Waals surface area contributed by atoms with Crippen LogP contribution in [-0.2, 0) is 6.42 Å². The largest absolute Gasteiger partial charge is 0.425 e. The van der Waals surface area contributed by atoms with Crippen LogP contribution >= 0.6 is 0 Å². The van der Waals surface area contributed by atoms with Gasteiger partial charge in [-0.3, -0.25) is 0 Å². The maximum Gasteiger partial charge on any atom is 0.224 e. The number of piperidine rings is 2. The number of benzene rings is 2. The highest BCUT2D eigenvalue weighted by molar-refractivity contribution is 5.48. The van der Waals surface area contributed by atoms with Gasteiger partial charge in [-0.25, -0.2) is 0 Å². The molecule has 0 N–H and O–H groups in total. The van der Waals surface area contributed by atoms with Crippen molar-refractivity contribution in [3.63, 3.8) is 0 Å². The van der Waals surface area contributed by atoms with Crippen molar-refractivity contribution in [1.82, 2.24) is 15.1 Å². The molecular weight excluding hydrogens is 382 g/mol. The minimum atomic E-state index is 0.120. The van der Waals surface area contributed by atoms with Crippen LogP contribution in [0, 0.1) is 12.8 Å². The fraction of sp³-hybridized carbons (Fsp3) is 0.481. The van der Waals surface area contributed by atoms with Crippen LogP contribution in [0.15, 0.2) is 52.9 Å². The lowest BCUT2D eigenvalue weighted by Crippen LogP contribution is -2.48. The van der Waals surface area contributed by atoms with E-state index in [1.54, 1.807) is 0 Å². The molecule has 160 valence electrons. The van der Waals surface area contributed by atoms with E-state index in [9.17, 15) is 0 Å². The molecule has 0 spiro atoms. The molecule has 2 aliphatic carbocycles. The normalized spacial score (nSPS) is 27.5. The number of rotatable bonds is 4. The van der Waals surface area contributed by atoms with Crippen molar-refractivity contribution in [2.75, 3.05) is 13.1 Å². The molecule has 4 aliphatic rings. The van der Waals surface area contributed by atoms with Gasteiger partial charge in [0.1, 0.15) is 0 Å². The summed E-state index contributed by atoms with van der Waals surface area (Å²) in [7, 11) is 0. The Bertz CT molecular complexity index is 1070. The maximum absolute atomic E-state index is 5.94. The summed E-state index contributed by atoms with van der Waals surface area (Å²) in [6, 6.07) is 18.8. The van der Waals surface area contributed by atoms with E-state index in [4.69, 9.17) is 4.42 Å². The first-order valence-corrected chi connectivity index (χ1v) is 12.0. The van der Waals surface area contributed by atoms with Gasteiger partial charge in [-0.2, -0.15) is 0 Å². The van der Waals surface area contributed by atoms with Crippen molar-refractivity contribution in [3.05, 3.63) is 82.6 Å². The Balaban J connectivity index is 1.38. The number of hydrogen-bond acceptors (Lipinski definition) is 4. The van der Waals surface area contributed by atoms with E-state index in [2.05, 4.69) is 63.6 Å². The molecule has 2 aliphatic heterocycles. The predicted molar refractivity (Wildman–Crippen MR) is 121 cm³/mol. The van der Waals surface area contributed by atoms with Crippen molar-refractivity contribution >= 4 is 0 Å². The summed E-state index contributed by atoms with van der Waals surface area (Å²) in [5, 5.41) is 8.56. The smallest absolute Gasteiger partial charge is 0.224 e. The van der Waals surface area contributed by atoms with Crippen LogP contribution in [0.1, 0.15) is 78.0 Å². The van der Waals surface area contributed by atoms with Crippen LogP contribution in [-0.4, -0.2) is 34.2 Å². The van der Waals surface area contributed by atoms with Crippen molar-refractivity contribution in [3.8, 4) is 0 Å². The molecule has 2 unspecified atom stereocenters. The molecule has 3 fully saturated rings. The molecule has 2 aromatic carbocycles. The first-order valence-electron chi connectivity index (χ1n) is 12.0. The van der Waals surface area contributed by atoms with Gasteiger partial charge < -0.3 is 9.32 Å². The van der Waals surface area contributed by atoms with Gasteiger partial charge in [0.2, 0.25) is 11.8 Å². The average Bonchev–Trinajstić information content (AvgIpc) is 3.19. The topological polar surface area (TPSA) is 42.2 Å². The lowest BCUT2D eigenvalue weighted by Gasteiger charge is -2.45. The van der Waals surface area contributed by atoms with Gasteiger partial charge in [0, 0.05) is 25.4 Å². The molecule has 3 aromatic rings. The Kier molecular flexibility index (Phi) is 4.91. The third kappa shape index (κ3) is 3.51. The van der Waals surface area contributed by atoms with Crippen molar-refractivity contribution in [2.45, 2.75) is 63.3 Å². The summed E-state index contributed by atoms with van der Waals surface area (Å²) >= 11 is 0. The number of nitrogens with zero attached hydrogens (tertiary/aromatic N) is 3. The highest BCUT2D eigenvalue weighted by Crippen LogP contribution is 2.43. The monoisotopic (exact) mass is 413 g/mol. The fourth-order valence-electron chi connectivity index (χ4n) is 6.43. The molecule has 7 rings (SSSR count). The molecule has 31 heavy (non-hydrogen) atoms. The molecule has 0 radical (unpaired) electrons. The highest BCUT2D eigenvalue weighted by Gasteiger charge is 2.35. The van der Waals surface area contributed by atoms with E-state index in [1.807, 2.05) is 6.92 Å². The molecule has 2 saturated heterocycles. The number of aromatic nitrogens is 2. The van der Waals surface area contributed by atoms with Gasteiger partial charge in [-0.1, -0.05) is 48.5 Å². The van der Waals surface area contributed by atoms with Crippen LogP contribution in [0.5, 0.6) is 0 Å².